The van der Waals surface area contributed by atoms with Gasteiger partial charge in [0.05, 0.1) is 24.0 Å². The van der Waals surface area contributed by atoms with E-state index in [1.807, 2.05) is 0 Å². The van der Waals surface area contributed by atoms with E-state index in [4.69, 9.17) is 9.52 Å². The van der Waals surface area contributed by atoms with E-state index in [2.05, 4.69) is 4.72 Å². The van der Waals surface area contributed by atoms with Gasteiger partial charge in [-0.3, -0.25) is 0 Å². The van der Waals surface area contributed by atoms with Crippen molar-refractivity contribution in [1.29, 1.82) is 0 Å². The average Bonchev–Trinajstić information content (AvgIpc) is 2.98. The van der Waals surface area contributed by atoms with Crippen molar-refractivity contribution in [3.63, 3.8) is 0 Å². The molecule has 0 aliphatic carbocycles. The van der Waals surface area contributed by atoms with Gasteiger partial charge in [0.25, 0.3) is 0 Å². The highest BCUT2D eigenvalue weighted by molar-refractivity contribution is 7.89. The van der Waals surface area contributed by atoms with Gasteiger partial charge in [-0.05, 0) is 12.1 Å². The summed E-state index contributed by atoms with van der Waals surface area (Å²) in [6.07, 6.45) is 2.97. The van der Waals surface area contributed by atoms with Crippen molar-refractivity contribution in [2.45, 2.75) is 18.0 Å². The first-order valence-corrected chi connectivity index (χ1v) is 7.17. The van der Waals surface area contributed by atoms with Crippen LogP contribution in [0, 0.1) is 0 Å². The summed E-state index contributed by atoms with van der Waals surface area (Å²) in [7, 11) is -3.52. The number of thiophene rings is 1. The standard InChI is InChI=1S/C10H11NO4S2/c12-5-9-3-10(7-16-9)17(13,14)11-4-8-1-2-15-6-8/h1-3,6-7,11-12H,4-5H2. The summed E-state index contributed by atoms with van der Waals surface area (Å²) in [5.41, 5.74) is 0.756. The van der Waals surface area contributed by atoms with Crippen LogP contribution in [-0.2, 0) is 23.2 Å². The molecule has 2 N–H and O–H groups in total. The van der Waals surface area contributed by atoms with Crippen molar-refractivity contribution in [2.75, 3.05) is 0 Å². The fourth-order valence-electron chi connectivity index (χ4n) is 1.24. The number of hydrogen-bond donors (Lipinski definition) is 2. The highest BCUT2D eigenvalue weighted by Gasteiger charge is 2.15. The average molecular weight is 273 g/mol. The van der Waals surface area contributed by atoms with Crippen LogP contribution >= 0.6 is 11.3 Å². The van der Waals surface area contributed by atoms with Gasteiger partial charge in [-0.15, -0.1) is 11.3 Å². The summed E-state index contributed by atoms with van der Waals surface area (Å²) in [6, 6.07) is 3.15. The molecule has 0 saturated carbocycles. The molecule has 0 saturated heterocycles. The third-order valence-corrected chi connectivity index (χ3v) is 4.59. The van der Waals surface area contributed by atoms with Crippen molar-refractivity contribution in [3.05, 3.63) is 40.5 Å². The summed E-state index contributed by atoms with van der Waals surface area (Å²) in [6.45, 7) is 0.0328. The van der Waals surface area contributed by atoms with Crippen LogP contribution in [0.15, 0.2) is 39.4 Å². The van der Waals surface area contributed by atoms with Crippen LogP contribution in [-0.4, -0.2) is 13.5 Å². The number of hydrogen-bond acceptors (Lipinski definition) is 5. The van der Waals surface area contributed by atoms with Crippen molar-refractivity contribution in [2.24, 2.45) is 0 Å². The van der Waals surface area contributed by atoms with Crippen LogP contribution in [0.5, 0.6) is 0 Å². The Hall–Kier alpha value is -1.15. The van der Waals surface area contributed by atoms with E-state index in [1.165, 1.54) is 35.3 Å². The molecule has 0 fully saturated rings. The van der Waals surface area contributed by atoms with Gasteiger partial charge < -0.3 is 9.52 Å². The van der Waals surface area contributed by atoms with Gasteiger partial charge in [0.1, 0.15) is 0 Å². The van der Waals surface area contributed by atoms with E-state index in [-0.39, 0.29) is 18.0 Å². The van der Waals surface area contributed by atoms with Crippen LogP contribution in [0.1, 0.15) is 10.4 Å². The molecule has 0 amide bonds. The van der Waals surface area contributed by atoms with Gasteiger partial charge >= 0.3 is 0 Å². The quantitative estimate of drug-likeness (QED) is 0.861. The summed E-state index contributed by atoms with van der Waals surface area (Å²) in [4.78, 5) is 0.795. The molecule has 92 valence electrons. The van der Waals surface area contributed by atoms with Crippen LogP contribution in [0.2, 0.25) is 0 Å². The molecular formula is C10H11NO4S2. The maximum Gasteiger partial charge on any atom is 0.241 e. The molecule has 2 aromatic rings. The summed E-state index contributed by atoms with van der Waals surface area (Å²) >= 11 is 1.21. The molecule has 2 rings (SSSR count). The highest BCUT2D eigenvalue weighted by Crippen LogP contribution is 2.19. The van der Waals surface area contributed by atoms with Gasteiger partial charge in [-0.2, -0.15) is 0 Å². The third-order valence-electron chi connectivity index (χ3n) is 2.14. The van der Waals surface area contributed by atoms with Gasteiger partial charge in [-0.25, -0.2) is 13.1 Å². The number of aliphatic hydroxyl groups is 1. The van der Waals surface area contributed by atoms with E-state index >= 15 is 0 Å². The molecule has 0 aliphatic heterocycles. The zero-order chi connectivity index (χ0) is 12.3. The SMILES string of the molecule is O=S(=O)(NCc1ccoc1)c1csc(CO)c1. The lowest BCUT2D eigenvalue weighted by atomic mass is 10.4. The third kappa shape index (κ3) is 2.95. The first-order chi connectivity index (χ1) is 8.12. The van der Waals surface area contributed by atoms with Crippen LogP contribution in [0.25, 0.3) is 0 Å². The molecule has 17 heavy (non-hydrogen) atoms. The van der Waals surface area contributed by atoms with E-state index in [9.17, 15) is 8.42 Å². The Balaban J connectivity index is 2.08. The fourth-order valence-corrected chi connectivity index (χ4v) is 3.39. The second kappa shape index (κ2) is 5.01. The van der Waals surface area contributed by atoms with Crippen LogP contribution in [0.3, 0.4) is 0 Å². The van der Waals surface area contributed by atoms with Crippen LogP contribution in [0.4, 0.5) is 0 Å². The molecular weight excluding hydrogens is 262 g/mol. The number of rotatable bonds is 5. The van der Waals surface area contributed by atoms with Crippen molar-refractivity contribution in [3.8, 4) is 0 Å². The number of sulfonamides is 1. The Morgan fingerprint density at radius 3 is 2.88 bits per heavy atom. The maximum atomic E-state index is 11.8. The van der Waals surface area contributed by atoms with E-state index in [1.54, 1.807) is 6.07 Å². The predicted molar refractivity (Wildman–Crippen MR) is 63.0 cm³/mol. The van der Waals surface area contributed by atoms with E-state index in [0.29, 0.717) is 4.88 Å². The molecule has 0 spiro atoms. The first kappa shape index (κ1) is 12.3. The lowest BCUT2D eigenvalue weighted by Gasteiger charge is -2.02. The molecule has 0 bridgehead atoms. The van der Waals surface area contributed by atoms with Crippen LogP contribution < -0.4 is 4.72 Å². The summed E-state index contributed by atoms with van der Waals surface area (Å²) < 4.78 is 31.0. The Morgan fingerprint density at radius 2 is 2.29 bits per heavy atom. The number of furan rings is 1. The Bertz CT molecular complexity index is 571. The fraction of sp³-hybridized carbons (Fsp3) is 0.200. The number of nitrogens with one attached hydrogen (secondary N) is 1. The minimum Gasteiger partial charge on any atom is -0.472 e. The number of aliphatic hydroxyl groups excluding tert-OH is 1. The zero-order valence-corrected chi connectivity index (χ0v) is 10.4. The van der Waals surface area contributed by atoms with Crippen molar-refractivity contribution in [1.82, 2.24) is 4.72 Å². The molecule has 0 atom stereocenters. The molecule has 0 unspecified atom stereocenters. The maximum absolute atomic E-state index is 11.8. The molecule has 2 heterocycles. The van der Waals surface area contributed by atoms with Gasteiger partial charge in [0.2, 0.25) is 10.0 Å². The zero-order valence-electron chi connectivity index (χ0n) is 8.79. The molecule has 0 aromatic carbocycles. The van der Waals surface area contributed by atoms with Gasteiger partial charge in [-0.1, -0.05) is 0 Å². The minimum absolute atomic E-state index is 0.151. The molecule has 2 aromatic heterocycles. The predicted octanol–water partition coefficient (Wildman–Crippen LogP) is 1.31. The first-order valence-electron chi connectivity index (χ1n) is 4.81. The Labute approximate surface area is 103 Å². The summed E-state index contributed by atoms with van der Waals surface area (Å²) in [5.74, 6) is 0. The molecule has 7 heteroatoms. The summed E-state index contributed by atoms with van der Waals surface area (Å²) in [5, 5.41) is 10.4. The highest BCUT2D eigenvalue weighted by atomic mass is 32.2. The van der Waals surface area contributed by atoms with Crippen molar-refractivity contribution < 1.29 is 17.9 Å². The molecule has 0 aliphatic rings. The Morgan fingerprint density at radius 1 is 1.47 bits per heavy atom. The van der Waals surface area contributed by atoms with E-state index in [0.717, 1.165) is 5.56 Å². The lowest BCUT2D eigenvalue weighted by molar-refractivity contribution is 0.285. The smallest absolute Gasteiger partial charge is 0.241 e. The normalized spacial score (nSPS) is 11.8. The Kier molecular flexibility index (Phi) is 3.63. The monoisotopic (exact) mass is 273 g/mol. The van der Waals surface area contributed by atoms with E-state index < -0.39 is 10.0 Å². The minimum atomic E-state index is -3.52. The second-order valence-electron chi connectivity index (χ2n) is 3.36. The molecule has 0 radical (unpaired) electrons. The lowest BCUT2D eigenvalue weighted by Crippen LogP contribution is -2.22. The van der Waals surface area contributed by atoms with Gasteiger partial charge in [0.15, 0.2) is 0 Å². The second-order valence-corrected chi connectivity index (χ2v) is 6.13. The largest absolute Gasteiger partial charge is 0.472 e. The topological polar surface area (TPSA) is 79.5 Å². The molecule has 5 nitrogen and oxygen atoms in total. The van der Waals surface area contributed by atoms with Crippen molar-refractivity contribution >= 4 is 21.4 Å². The van der Waals surface area contributed by atoms with Gasteiger partial charge in [0, 0.05) is 22.4 Å².